The summed E-state index contributed by atoms with van der Waals surface area (Å²) in [6.07, 6.45) is 2.67. The molecule has 3 rings (SSSR count). The lowest BCUT2D eigenvalue weighted by Gasteiger charge is -2.23. The molecule has 0 bridgehead atoms. The molecule has 2 aromatic carbocycles. The molecule has 0 saturated carbocycles. The average Bonchev–Trinajstić information content (AvgIpc) is 2.65. The van der Waals surface area contributed by atoms with Gasteiger partial charge in [-0.1, -0.05) is 18.2 Å². The molecule has 0 atom stereocenters. The molecule has 8 heteroatoms. The first kappa shape index (κ1) is 19.6. The second-order valence-corrected chi connectivity index (χ2v) is 8.52. The van der Waals surface area contributed by atoms with Crippen molar-refractivity contribution < 1.29 is 13.2 Å². The molecule has 1 amide bonds. The van der Waals surface area contributed by atoms with Gasteiger partial charge in [-0.25, -0.2) is 8.42 Å². The van der Waals surface area contributed by atoms with Gasteiger partial charge in [0.2, 0.25) is 15.9 Å². The molecule has 7 nitrogen and oxygen atoms in total. The van der Waals surface area contributed by atoms with Gasteiger partial charge in [0.15, 0.2) is 0 Å². The Morgan fingerprint density at radius 2 is 1.71 bits per heavy atom. The van der Waals surface area contributed by atoms with Gasteiger partial charge in [-0.05, 0) is 36.4 Å². The first-order chi connectivity index (χ1) is 13.3. The standard InChI is InChI=1S/C20H22N4O3S/c1-23(2)17-11-9-16(10-12-17)22-19(25)14-24(28(3,26)27)18-8-4-6-15-7-5-13-21-20(15)18/h4-13H,14H2,1-3H3,(H,22,25). The molecule has 0 fully saturated rings. The number of para-hydroxylation sites is 1. The zero-order valence-corrected chi connectivity index (χ0v) is 16.8. The van der Waals surface area contributed by atoms with Crippen molar-refractivity contribution in [2.45, 2.75) is 0 Å². The molecule has 0 spiro atoms. The predicted molar refractivity (Wildman–Crippen MR) is 113 cm³/mol. The Morgan fingerprint density at radius 3 is 2.36 bits per heavy atom. The number of carbonyl (C=O) groups excluding carboxylic acids is 1. The molecule has 0 radical (unpaired) electrons. The number of amides is 1. The van der Waals surface area contributed by atoms with E-state index in [2.05, 4.69) is 10.3 Å². The van der Waals surface area contributed by atoms with Crippen molar-refractivity contribution in [2.24, 2.45) is 0 Å². The van der Waals surface area contributed by atoms with E-state index in [9.17, 15) is 13.2 Å². The van der Waals surface area contributed by atoms with Gasteiger partial charge in [0, 0.05) is 37.1 Å². The maximum Gasteiger partial charge on any atom is 0.245 e. The van der Waals surface area contributed by atoms with Crippen LogP contribution in [0.3, 0.4) is 0 Å². The van der Waals surface area contributed by atoms with Gasteiger partial charge >= 0.3 is 0 Å². The van der Waals surface area contributed by atoms with Gasteiger partial charge in [0.1, 0.15) is 6.54 Å². The first-order valence-corrected chi connectivity index (χ1v) is 10.5. The molecule has 146 valence electrons. The number of rotatable bonds is 6. The molecule has 0 aliphatic carbocycles. The smallest absolute Gasteiger partial charge is 0.245 e. The highest BCUT2D eigenvalue weighted by molar-refractivity contribution is 7.92. The lowest BCUT2D eigenvalue weighted by atomic mass is 10.2. The van der Waals surface area contributed by atoms with Crippen LogP contribution >= 0.6 is 0 Å². The second-order valence-electron chi connectivity index (χ2n) is 6.61. The minimum atomic E-state index is -3.69. The number of benzene rings is 2. The van der Waals surface area contributed by atoms with Crippen LogP contribution in [0.25, 0.3) is 10.9 Å². The van der Waals surface area contributed by atoms with E-state index in [0.717, 1.165) is 21.6 Å². The monoisotopic (exact) mass is 398 g/mol. The van der Waals surface area contributed by atoms with Crippen LogP contribution in [0, 0.1) is 0 Å². The van der Waals surface area contributed by atoms with Gasteiger partial charge < -0.3 is 10.2 Å². The van der Waals surface area contributed by atoms with Crippen molar-refractivity contribution in [2.75, 3.05) is 41.4 Å². The minimum Gasteiger partial charge on any atom is -0.378 e. The van der Waals surface area contributed by atoms with Crippen LogP contribution in [0.5, 0.6) is 0 Å². The molecule has 1 N–H and O–H groups in total. The van der Waals surface area contributed by atoms with Crippen LogP contribution in [0.1, 0.15) is 0 Å². The summed E-state index contributed by atoms with van der Waals surface area (Å²) in [5.74, 6) is -0.434. The van der Waals surface area contributed by atoms with E-state index in [1.807, 2.05) is 43.3 Å². The molecule has 0 aliphatic rings. The molecule has 1 heterocycles. The topological polar surface area (TPSA) is 82.6 Å². The van der Waals surface area contributed by atoms with Crippen molar-refractivity contribution in [3.8, 4) is 0 Å². The summed E-state index contributed by atoms with van der Waals surface area (Å²) in [5.41, 5.74) is 2.50. The van der Waals surface area contributed by atoms with Crippen molar-refractivity contribution in [3.63, 3.8) is 0 Å². The number of hydrogen-bond acceptors (Lipinski definition) is 5. The Bertz CT molecular complexity index is 1090. The first-order valence-electron chi connectivity index (χ1n) is 8.64. The van der Waals surface area contributed by atoms with Crippen LogP contribution in [0.4, 0.5) is 17.1 Å². The molecule has 0 unspecified atom stereocenters. The van der Waals surface area contributed by atoms with E-state index in [1.54, 1.807) is 36.5 Å². The van der Waals surface area contributed by atoms with Gasteiger partial charge in [-0.2, -0.15) is 0 Å². The number of hydrogen-bond donors (Lipinski definition) is 1. The fourth-order valence-corrected chi connectivity index (χ4v) is 3.70. The third-order valence-corrected chi connectivity index (χ3v) is 5.36. The molecule has 0 aliphatic heterocycles. The number of carbonyl (C=O) groups is 1. The number of pyridine rings is 1. The Hall–Kier alpha value is -3.13. The van der Waals surface area contributed by atoms with Crippen molar-refractivity contribution in [3.05, 3.63) is 60.8 Å². The number of aromatic nitrogens is 1. The molecule has 28 heavy (non-hydrogen) atoms. The fraction of sp³-hybridized carbons (Fsp3) is 0.200. The Morgan fingerprint density at radius 1 is 1.04 bits per heavy atom. The summed E-state index contributed by atoms with van der Waals surface area (Å²) in [6, 6.07) is 16.2. The van der Waals surface area contributed by atoms with Crippen molar-refractivity contribution in [1.29, 1.82) is 0 Å². The van der Waals surface area contributed by atoms with E-state index >= 15 is 0 Å². The lowest BCUT2D eigenvalue weighted by molar-refractivity contribution is -0.114. The maximum absolute atomic E-state index is 12.5. The third kappa shape index (κ3) is 4.40. The summed E-state index contributed by atoms with van der Waals surface area (Å²) in [4.78, 5) is 18.8. The summed E-state index contributed by atoms with van der Waals surface area (Å²) in [7, 11) is 0.164. The van der Waals surface area contributed by atoms with Crippen molar-refractivity contribution in [1.82, 2.24) is 4.98 Å². The second kappa shape index (κ2) is 7.85. The molecular formula is C20H22N4O3S. The summed E-state index contributed by atoms with van der Waals surface area (Å²) < 4.78 is 25.9. The number of nitrogens with zero attached hydrogens (tertiary/aromatic N) is 3. The largest absolute Gasteiger partial charge is 0.378 e. The highest BCUT2D eigenvalue weighted by Crippen LogP contribution is 2.26. The highest BCUT2D eigenvalue weighted by Gasteiger charge is 2.23. The minimum absolute atomic E-state index is 0.343. The van der Waals surface area contributed by atoms with Crippen molar-refractivity contribution >= 4 is 43.9 Å². The molecule has 1 aromatic heterocycles. The molecular weight excluding hydrogens is 376 g/mol. The SMILES string of the molecule is CN(C)c1ccc(NC(=O)CN(c2cccc3cccnc23)S(C)(=O)=O)cc1. The zero-order valence-electron chi connectivity index (χ0n) is 16.0. The van der Waals surface area contributed by atoms with Gasteiger partial charge in [-0.15, -0.1) is 0 Å². The third-order valence-electron chi connectivity index (χ3n) is 4.24. The fourth-order valence-electron chi connectivity index (χ4n) is 2.84. The summed E-state index contributed by atoms with van der Waals surface area (Å²) in [5, 5.41) is 3.54. The van der Waals surface area contributed by atoms with E-state index in [4.69, 9.17) is 0 Å². The van der Waals surface area contributed by atoms with Crippen LogP contribution in [-0.4, -0.2) is 46.2 Å². The maximum atomic E-state index is 12.5. The Labute approximate surface area is 164 Å². The zero-order chi connectivity index (χ0) is 20.3. The Balaban J connectivity index is 1.86. The van der Waals surface area contributed by atoms with E-state index in [1.165, 1.54) is 0 Å². The highest BCUT2D eigenvalue weighted by atomic mass is 32.2. The van der Waals surface area contributed by atoms with Gasteiger partial charge in [-0.3, -0.25) is 14.1 Å². The van der Waals surface area contributed by atoms with Crippen LogP contribution in [0.15, 0.2) is 60.8 Å². The number of anilines is 3. The Kier molecular flexibility index (Phi) is 5.51. The predicted octanol–water partition coefficient (Wildman–Crippen LogP) is 2.71. The van der Waals surface area contributed by atoms with Gasteiger partial charge in [0.05, 0.1) is 17.5 Å². The van der Waals surface area contributed by atoms with E-state index < -0.39 is 15.9 Å². The van der Waals surface area contributed by atoms with Gasteiger partial charge in [0.25, 0.3) is 0 Å². The average molecular weight is 398 g/mol. The molecule has 0 saturated heterocycles. The van der Waals surface area contributed by atoms with E-state index in [0.29, 0.717) is 16.9 Å². The van der Waals surface area contributed by atoms with Crippen LogP contribution < -0.4 is 14.5 Å². The molecule has 3 aromatic rings. The summed E-state index contributed by atoms with van der Waals surface area (Å²) >= 11 is 0. The summed E-state index contributed by atoms with van der Waals surface area (Å²) in [6.45, 7) is -0.343. The van der Waals surface area contributed by atoms with Crippen LogP contribution in [0.2, 0.25) is 0 Å². The van der Waals surface area contributed by atoms with E-state index in [-0.39, 0.29) is 6.54 Å². The number of fused-ring (bicyclic) bond motifs is 1. The number of nitrogens with one attached hydrogen (secondary N) is 1. The number of sulfonamides is 1. The lowest BCUT2D eigenvalue weighted by Crippen LogP contribution is -2.37. The van der Waals surface area contributed by atoms with Crippen LogP contribution in [-0.2, 0) is 14.8 Å². The normalized spacial score (nSPS) is 11.2. The quantitative estimate of drug-likeness (QED) is 0.690.